The Hall–Kier alpha value is -0.0400. The van der Waals surface area contributed by atoms with Crippen molar-refractivity contribution in [3.8, 4) is 0 Å². The van der Waals surface area contributed by atoms with Crippen LogP contribution in [0.4, 0.5) is 0 Å². The van der Waals surface area contributed by atoms with E-state index in [2.05, 4.69) is 25.7 Å². The maximum Gasteiger partial charge on any atom is 0.000966 e. The Kier molecular flexibility index (Phi) is 5.54. The largest absolute Gasteiger partial charge is 0.303 e. The molecule has 2 unspecified atom stereocenters. The van der Waals surface area contributed by atoms with Crippen LogP contribution >= 0.6 is 0 Å². The molecule has 0 aromatic rings. The van der Waals surface area contributed by atoms with Crippen LogP contribution in [0.5, 0.6) is 0 Å². The van der Waals surface area contributed by atoms with Crippen LogP contribution in [0.3, 0.4) is 0 Å². The van der Waals surface area contributed by atoms with Crippen LogP contribution in [0.25, 0.3) is 0 Å². The molecule has 0 saturated carbocycles. The van der Waals surface area contributed by atoms with Crippen LogP contribution in [-0.4, -0.2) is 24.5 Å². The van der Waals surface area contributed by atoms with Gasteiger partial charge in [0.05, 0.1) is 0 Å². The Labute approximate surface area is 89.9 Å². The predicted molar refractivity (Wildman–Crippen MR) is 63.5 cm³/mol. The van der Waals surface area contributed by atoms with Crippen molar-refractivity contribution in [3.05, 3.63) is 0 Å². The van der Waals surface area contributed by atoms with Crippen LogP contribution in [-0.2, 0) is 0 Å². The van der Waals surface area contributed by atoms with Gasteiger partial charge in [0.25, 0.3) is 0 Å². The van der Waals surface area contributed by atoms with Gasteiger partial charge in [-0.15, -0.1) is 0 Å². The maximum atomic E-state index is 2.66. The molecule has 1 nitrogen and oxygen atoms in total. The fraction of sp³-hybridized carbons (Fsp3) is 1.00. The maximum absolute atomic E-state index is 2.66. The third kappa shape index (κ3) is 3.61. The van der Waals surface area contributed by atoms with Gasteiger partial charge in [-0.3, -0.25) is 0 Å². The summed E-state index contributed by atoms with van der Waals surface area (Å²) in [6, 6.07) is 0. The Morgan fingerprint density at radius 2 is 1.79 bits per heavy atom. The van der Waals surface area contributed by atoms with Gasteiger partial charge in [0.1, 0.15) is 0 Å². The SMILES string of the molecule is CCCC(CC)C(C)CN1CCCC1. The second kappa shape index (κ2) is 6.44. The molecule has 1 aliphatic heterocycles. The van der Waals surface area contributed by atoms with Crippen molar-refractivity contribution in [1.29, 1.82) is 0 Å². The number of likely N-dealkylation sites (tertiary alicyclic amines) is 1. The first kappa shape index (κ1) is 12.0. The van der Waals surface area contributed by atoms with Gasteiger partial charge in [-0.05, 0) is 37.8 Å². The molecular weight excluding hydrogens is 170 g/mol. The van der Waals surface area contributed by atoms with Gasteiger partial charge in [0.2, 0.25) is 0 Å². The van der Waals surface area contributed by atoms with E-state index in [-0.39, 0.29) is 0 Å². The Balaban J connectivity index is 2.26. The van der Waals surface area contributed by atoms with Crippen molar-refractivity contribution in [3.63, 3.8) is 0 Å². The third-order valence-electron chi connectivity index (χ3n) is 3.73. The number of nitrogens with zero attached hydrogens (tertiary/aromatic N) is 1. The highest BCUT2D eigenvalue weighted by Gasteiger charge is 2.19. The van der Waals surface area contributed by atoms with Crippen LogP contribution in [0, 0.1) is 11.8 Å². The molecule has 1 heteroatoms. The van der Waals surface area contributed by atoms with Crippen LogP contribution in [0.1, 0.15) is 52.9 Å². The highest BCUT2D eigenvalue weighted by molar-refractivity contribution is 4.73. The molecule has 1 heterocycles. The van der Waals surface area contributed by atoms with Gasteiger partial charge in [0, 0.05) is 6.54 Å². The van der Waals surface area contributed by atoms with E-state index in [1.54, 1.807) is 0 Å². The fourth-order valence-electron chi connectivity index (χ4n) is 2.78. The topological polar surface area (TPSA) is 3.24 Å². The average Bonchev–Trinajstić information content (AvgIpc) is 2.66. The van der Waals surface area contributed by atoms with Crippen LogP contribution in [0.2, 0.25) is 0 Å². The van der Waals surface area contributed by atoms with Crippen LogP contribution in [0.15, 0.2) is 0 Å². The third-order valence-corrected chi connectivity index (χ3v) is 3.73. The Morgan fingerprint density at radius 1 is 1.14 bits per heavy atom. The van der Waals surface area contributed by atoms with Crippen LogP contribution < -0.4 is 0 Å². The molecular formula is C13H27N. The highest BCUT2D eigenvalue weighted by Crippen LogP contribution is 2.23. The normalized spacial score (nSPS) is 22.5. The van der Waals surface area contributed by atoms with Gasteiger partial charge in [-0.2, -0.15) is 0 Å². The summed E-state index contributed by atoms with van der Waals surface area (Å²) in [4.78, 5) is 2.66. The van der Waals surface area contributed by atoms with Crippen molar-refractivity contribution >= 4 is 0 Å². The summed E-state index contributed by atoms with van der Waals surface area (Å²) in [6.45, 7) is 11.2. The lowest BCUT2D eigenvalue weighted by molar-refractivity contribution is 0.220. The smallest absolute Gasteiger partial charge is 0.000966 e. The Bertz CT molecular complexity index is 138. The fourth-order valence-corrected chi connectivity index (χ4v) is 2.78. The molecule has 0 amide bonds. The lowest BCUT2D eigenvalue weighted by Gasteiger charge is -2.26. The van der Waals surface area contributed by atoms with Gasteiger partial charge in [-0.1, -0.05) is 40.0 Å². The molecule has 84 valence electrons. The minimum atomic E-state index is 0.901. The summed E-state index contributed by atoms with van der Waals surface area (Å²) < 4.78 is 0. The minimum Gasteiger partial charge on any atom is -0.303 e. The molecule has 1 fully saturated rings. The summed E-state index contributed by atoms with van der Waals surface area (Å²) >= 11 is 0. The zero-order valence-electron chi connectivity index (χ0n) is 10.3. The van der Waals surface area contributed by atoms with Crippen molar-refractivity contribution in [2.45, 2.75) is 52.9 Å². The monoisotopic (exact) mass is 197 g/mol. The predicted octanol–water partition coefficient (Wildman–Crippen LogP) is 3.54. The zero-order chi connectivity index (χ0) is 10.4. The standard InChI is InChI=1S/C13H27N/c1-4-8-13(5-2)12(3)11-14-9-6-7-10-14/h12-13H,4-11H2,1-3H3. The number of rotatable bonds is 6. The molecule has 0 aromatic heterocycles. The van der Waals surface area contributed by atoms with Gasteiger partial charge in [-0.25, -0.2) is 0 Å². The van der Waals surface area contributed by atoms with Crippen molar-refractivity contribution < 1.29 is 0 Å². The van der Waals surface area contributed by atoms with Gasteiger partial charge < -0.3 is 4.90 Å². The van der Waals surface area contributed by atoms with Gasteiger partial charge >= 0.3 is 0 Å². The van der Waals surface area contributed by atoms with Gasteiger partial charge in [0.15, 0.2) is 0 Å². The first-order chi connectivity index (χ1) is 6.77. The number of hydrogen-bond donors (Lipinski definition) is 0. The molecule has 1 aliphatic rings. The molecule has 0 bridgehead atoms. The van der Waals surface area contributed by atoms with E-state index in [4.69, 9.17) is 0 Å². The van der Waals surface area contributed by atoms with E-state index in [1.165, 1.54) is 51.7 Å². The number of hydrogen-bond acceptors (Lipinski definition) is 1. The van der Waals surface area contributed by atoms with E-state index in [9.17, 15) is 0 Å². The molecule has 1 rings (SSSR count). The first-order valence-electron chi connectivity index (χ1n) is 6.50. The molecule has 14 heavy (non-hydrogen) atoms. The lowest BCUT2D eigenvalue weighted by Crippen LogP contribution is -2.29. The zero-order valence-corrected chi connectivity index (χ0v) is 10.3. The highest BCUT2D eigenvalue weighted by atomic mass is 15.1. The Morgan fingerprint density at radius 3 is 2.29 bits per heavy atom. The molecule has 2 atom stereocenters. The first-order valence-corrected chi connectivity index (χ1v) is 6.50. The average molecular weight is 197 g/mol. The van der Waals surface area contributed by atoms with Crippen molar-refractivity contribution in [2.75, 3.05) is 19.6 Å². The molecule has 0 radical (unpaired) electrons. The summed E-state index contributed by atoms with van der Waals surface area (Å²) in [6.07, 6.45) is 6.99. The summed E-state index contributed by atoms with van der Waals surface area (Å²) in [5.74, 6) is 1.86. The minimum absolute atomic E-state index is 0.901. The summed E-state index contributed by atoms with van der Waals surface area (Å²) in [5.41, 5.74) is 0. The molecule has 0 aromatic carbocycles. The van der Waals surface area contributed by atoms with E-state index >= 15 is 0 Å². The van der Waals surface area contributed by atoms with Crippen molar-refractivity contribution in [1.82, 2.24) is 4.90 Å². The van der Waals surface area contributed by atoms with E-state index in [0.29, 0.717) is 0 Å². The van der Waals surface area contributed by atoms with E-state index in [0.717, 1.165) is 11.8 Å². The summed E-state index contributed by atoms with van der Waals surface area (Å²) in [7, 11) is 0. The molecule has 0 spiro atoms. The lowest BCUT2D eigenvalue weighted by atomic mass is 9.87. The van der Waals surface area contributed by atoms with E-state index < -0.39 is 0 Å². The second-order valence-corrected chi connectivity index (χ2v) is 4.94. The quantitative estimate of drug-likeness (QED) is 0.629. The summed E-state index contributed by atoms with van der Waals surface area (Å²) in [5, 5.41) is 0. The second-order valence-electron chi connectivity index (χ2n) is 4.94. The van der Waals surface area contributed by atoms with Crippen molar-refractivity contribution in [2.24, 2.45) is 11.8 Å². The molecule has 0 N–H and O–H groups in total. The molecule has 1 saturated heterocycles. The molecule has 0 aliphatic carbocycles. The van der Waals surface area contributed by atoms with E-state index in [1.807, 2.05) is 0 Å².